The minimum Gasteiger partial charge on any atom is -0.327 e. The van der Waals surface area contributed by atoms with E-state index >= 15 is 0 Å². The van der Waals surface area contributed by atoms with Crippen molar-refractivity contribution in [3.05, 3.63) is 0 Å². The van der Waals surface area contributed by atoms with Crippen molar-refractivity contribution < 1.29 is 0 Å². The highest BCUT2D eigenvalue weighted by atomic mass is 15.2. The maximum atomic E-state index is 6.10. The zero-order chi connectivity index (χ0) is 10.6. The van der Waals surface area contributed by atoms with Crippen LogP contribution in [0, 0.1) is 5.92 Å². The van der Waals surface area contributed by atoms with Crippen LogP contribution in [0.3, 0.4) is 0 Å². The summed E-state index contributed by atoms with van der Waals surface area (Å²) in [6.45, 7) is 9.24. The highest BCUT2D eigenvalue weighted by Crippen LogP contribution is 2.22. The van der Waals surface area contributed by atoms with Gasteiger partial charge in [-0.2, -0.15) is 0 Å². The van der Waals surface area contributed by atoms with E-state index in [0.717, 1.165) is 12.5 Å². The molecule has 0 aromatic heterocycles. The molecule has 1 fully saturated rings. The van der Waals surface area contributed by atoms with Crippen LogP contribution in [-0.2, 0) is 0 Å². The molecule has 0 bridgehead atoms. The van der Waals surface area contributed by atoms with Gasteiger partial charge in [-0.1, -0.05) is 20.3 Å². The molecule has 1 rings (SSSR count). The minimum atomic E-state index is 0.411. The standard InChI is InChI=1S/C12H26N2/c1-4-6-11-7-12(13)9-14(8-11)10(3)5-2/h10-12H,4-9,13H2,1-3H3. The number of hydrogen-bond donors (Lipinski definition) is 1. The quantitative estimate of drug-likeness (QED) is 0.750. The second kappa shape index (κ2) is 5.72. The highest BCUT2D eigenvalue weighted by molar-refractivity contribution is 4.83. The SMILES string of the molecule is CCCC1CC(N)CN(C(C)CC)C1. The van der Waals surface area contributed by atoms with Crippen LogP contribution in [0.4, 0.5) is 0 Å². The Morgan fingerprint density at radius 2 is 2.07 bits per heavy atom. The number of nitrogens with zero attached hydrogens (tertiary/aromatic N) is 1. The van der Waals surface area contributed by atoms with E-state index in [1.54, 1.807) is 0 Å². The van der Waals surface area contributed by atoms with Crippen molar-refractivity contribution in [2.45, 2.75) is 58.5 Å². The van der Waals surface area contributed by atoms with E-state index < -0.39 is 0 Å². The van der Waals surface area contributed by atoms with Crippen molar-refractivity contribution in [2.75, 3.05) is 13.1 Å². The van der Waals surface area contributed by atoms with Gasteiger partial charge in [0, 0.05) is 25.2 Å². The fraction of sp³-hybridized carbons (Fsp3) is 1.00. The van der Waals surface area contributed by atoms with Crippen molar-refractivity contribution in [1.29, 1.82) is 0 Å². The number of rotatable bonds is 4. The van der Waals surface area contributed by atoms with Crippen LogP contribution in [0.25, 0.3) is 0 Å². The molecule has 0 aromatic rings. The maximum absolute atomic E-state index is 6.10. The summed E-state index contributed by atoms with van der Waals surface area (Å²) in [5.74, 6) is 0.845. The summed E-state index contributed by atoms with van der Waals surface area (Å²) in [7, 11) is 0. The third-order valence-electron chi connectivity index (χ3n) is 3.51. The van der Waals surface area contributed by atoms with Crippen molar-refractivity contribution in [3.8, 4) is 0 Å². The Hall–Kier alpha value is -0.0800. The fourth-order valence-corrected chi connectivity index (χ4v) is 2.52. The van der Waals surface area contributed by atoms with E-state index in [2.05, 4.69) is 25.7 Å². The average molecular weight is 198 g/mol. The van der Waals surface area contributed by atoms with E-state index in [-0.39, 0.29) is 0 Å². The summed E-state index contributed by atoms with van der Waals surface area (Å²) in [5, 5.41) is 0. The molecule has 14 heavy (non-hydrogen) atoms. The second-order valence-electron chi connectivity index (χ2n) is 4.86. The summed E-state index contributed by atoms with van der Waals surface area (Å²) in [5.41, 5.74) is 6.10. The fourth-order valence-electron chi connectivity index (χ4n) is 2.52. The second-order valence-corrected chi connectivity index (χ2v) is 4.86. The molecule has 2 heteroatoms. The van der Waals surface area contributed by atoms with Gasteiger partial charge in [-0.3, -0.25) is 4.90 Å². The lowest BCUT2D eigenvalue weighted by atomic mass is 9.90. The van der Waals surface area contributed by atoms with Crippen LogP contribution in [0.2, 0.25) is 0 Å². The molecule has 1 aliphatic heterocycles. The summed E-state index contributed by atoms with van der Waals surface area (Å²) < 4.78 is 0. The van der Waals surface area contributed by atoms with E-state index in [4.69, 9.17) is 5.73 Å². The Morgan fingerprint density at radius 3 is 2.64 bits per heavy atom. The summed E-state index contributed by atoms with van der Waals surface area (Å²) in [6.07, 6.45) is 5.12. The third kappa shape index (κ3) is 3.25. The number of piperidine rings is 1. The Morgan fingerprint density at radius 1 is 1.36 bits per heavy atom. The zero-order valence-electron chi connectivity index (χ0n) is 10.00. The first kappa shape index (κ1) is 12.0. The van der Waals surface area contributed by atoms with Crippen LogP contribution < -0.4 is 5.73 Å². The molecular weight excluding hydrogens is 172 g/mol. The monoisotopic (exact) mass is 198 g/mol. The van der Waals surface area contributed by atoms with E-state index in [1.807, 2.05) is 0 Å². The van der Waals surface area contributed by atoms with Gasteiger partial charge in [0.15, 0.2) is 0 Å². The van der Waals surface area contributed by atoms with Crippen molar-refractivity contribution in [2.24, 2.45) is 11.7 Å². The molecule has 0 aliphatic carbocycles. The molecule has 0 amide bonds. The van der Waals surface area contributed by atoms with Crippen LogP contribution in [0.1, 0.15) is 46.5 Å². The first-order valence-electron chi connectivity index (χ1n) is 6.17. The highest BCUT2D eigenvalue weighted by Gasteiger charge is 2.26. The van der Waals surface area contributed by atoms with Gasteiger partial charge in [-0.25, -0.2) is 0 Å². The Labute approximate surface area is 88.8 Å². The van der Waals surface area contributed by atoms with Crippen molar-refractivity contribution >= 4 is 0 Å². The topological polar surface area (TPSA) is 29.3 Å². The molecule has 84 valence electrons. The normalized spacial score (nSPS) is 31.7. The van der Waals surface area contributed by atoms with Crippen LogP contribution in [0.5, 0.6) is 0 Å². The van der Waals surface area contributed by atoms with Gasteiger partial charge in [0.05, 0.1) is 0 Å². The lowest BCUT2D eigenvalue weighted by molar-refractivity contribution is 0.110. The molecule has 0 spiro atoms. The molecule has 2 N–H and O–H groups in total. The first-order valence-corrected chi connectivity index (χ1v) is 6.17. The molecule has 0 aromatic carbocycles. The van der Waals surface area contributed by atoms with Gasteiger partial charge in [-0.05, 0) is 32.1 Å². The maximum Gasteiger partial charge on any atom is 0.0171 e. The molecule has 1 aliphatic rings. The van der Waals surface area contributed by atoms with E-state index in [9.17, 15) is 0 Å². The Kier molecular flexibility index (Phi) is 4.90. The summed E-state index contributed by atoms with van der Waals surface area (Å²) in [6, 6.07) is 1.12. The third-order valence-corrected chi connectivity index (χ3v) is 3.51. The molecule has 2 nitrogen and oxygen atoms in total. The van der Waals surface area contributed by atoms with Gasteiger partial charge in [0.1, 0.15) is 0 Å². The van der Waals surface area contributed by atoms with Gasteiger partial charge in [0.2, 0.25) is 0 Å². The molecule has 0 radical (unpaired) electrons. The Bertz CT molecular complexity index is 158. The number of hydrogen-bond acceptors (Lipinski definition) is 2. The number of likely N-dealkylation sites (tertiary alicyclic amines) is 1. The summed E-state index contributed by atoms with van der Waals surface area (Å²) >= 11 is 0. The van der Waals surface area contributed by atoms with E-state index in [1.165, 1.54) is 32.2 Å². The first-order chi connectivity index (χ1) is 6.67. The van der Waals surface area contributed by atoms with Crippen LogP contribution in [-0.4, -0.2) is 30.1 Å². The van der Waals surface area contributed by atoms with Crippen molar-refractivity contribution in [1.82, 2.24) is 4.90 Å². The van der Waals surface area contributed by atoms with E-state index in [0.29, 0.717) is 12.1 Å². The largest absolute Gasteiger partial charge is 0.327 e. The van der Waals surface area contributed by atoms with Crippen molar-refractivity contribution in [3.63, 3.8) is 0 Å². The summed E-state index contributed by atoms with van der Waals surface area (Å²) in [4.78, 5) is 2.58. The van der Waals surface area contributed by atoms with Crippen LogP contribution in [0.15, 0.2) is 0 Å². The molecule has 3 atom stereocenters. The molecule has 1 saturated heterocycles. The lowest BCUT2D eigenvalue weighted by Gasteiger charge is -2.39. The molecule has 3 unspecified atom stereocenters. The van der Waals surface area contributed by atoms with Gasteiger partial charge in [-0.15, -0.1) is 0 Å². The van der Waals surface area contributed by atoms with Crippen LogP contribution >= 0.6 is 0 Å². The smallest absolute Gasteiger partial charge is 0.0171 e. The number of nitrogens with two attached hydrogens (primary N) is 1. The van der Waals surface area contributed by atoms with Gasteiger partial charge < -0.3 is 5.73 Å². The predicted molar refractivity (Wildman–Crippen MR) is 62.3 cm³/mol. The molecule has 1 heterocycles. The Balaban J connectivity index is 2.45. The zero-order valence-corrected chi connectivity index (χ0v) is 10.00. The average Bonchev–Trinajstić information content (AvgIpc) is 2.16. The minimum absolute atomic E-state index is 0.411. The molecular formula is C12H26N2. The lowest BCUT2D eigenvalue weighted by Crippen LogP contribution is -2.50. The predicted octanol–water partition coefficient (Wildman–Crippen LogP) is 2.23. The van der Waals surface area contributed by atoms with Gasteiger partial charge in [0.25, 0.3) is 0 Å². The molecule has 0 saturated carbocycles. The van der Waals surface area contributed by atoms with Gasteiger partial charge >= 0.3 is 0 Å².